The summed E-state index contributed by atoms with van der Waals surface area (Å²) in [6.45, 7) is -0.407. The van der Waals surface area contributed by atoms with Crippen molar-refractivity contribution in [1.29, 1.82) is 0 Å². The lowest BCUT2D eigenvalue weighted by atomic mass is 10.1. The first-order valence-corrected chi connectivity index (χ1v) is 8.83. The first kappa shape index (κ1) is 23.1. The van der Waals surface area contributed by atoms with Crippen molar-refractivity contribution in [2.75, 3.05) is 27.4 Å². The Kier molecular flexibility index (Phi) is 7.83. The highest BCUT2D eigenvalue weighted by Gasteiger charge is 2.21. The monoisotopic (exact) mass is 433 g/mol. The van der Waals surface area contributed by atoms with E-state index in [-0.39, 0.29) is 6.54 Å². The lowest BCUT2D eigenvalue weighted by Gasteiger charge is -2.10. The maximum atomic E-state index is 12.1. The molecule has 164 valence electrons. The van der Waals surface area contributed by atoms with Crippen LogP contribution >= 0.6 is 0 Å². The topological polar surface area (TPSA) is 160 Å². The van der Waals surface area contributed by atoms with Crippen molar-refractivity contribution >= 4 is 23.3 Å². The van der Waals surface area contributed by atoms with Crippen molar-refractivity contribution in [3.8, 4) is 11.5 Å². The smallest absolute Gasteiger partial charge is 0.339 e. The second-order valence-electron chi connectivity index (χ2n) is 6.12. The molecule has 0 saturated carbocycles. The number of nitrogens with zero attached hydrogens (tertiary/aromatic N) is 2. The lowest BCUT2D eigenvalue weighted by Crippen LogP contribution is -2.30. The van der Waals surface area contributed by atoms with Crippen LogP contribution in [-0.2, 0) is 16.0 Å². The summed E-state index contributed by atoms with van der Waals surface area (Å²) in [4.78, 5) is 44.0. The number of ether oxygens (including phenoxy) is 3. The van der Waals surface area contributed by atoms with Crippen LogP contribution < -0.4 is 14.8 Å². The van der Waals surface area contributed by atoms with Crippen LogP contribution in [0.5, 0.6) is 11.5 Å². The number of non-ortho nitro benzene ring substituents is 2. The Morgan fingerprint density at radius 1 is 0.935 bits per heavy atom. The molecule has 0 unspecified atom stereocenters. The molecule has 12 heteroatoms. The van der Waals surface area contributed by atoms with Crippen LogP contribution in [0.1, 0.15) is 15.9 Å². The summed E-state index contributed by atoms with van der Waals surface area (Å²) < 4.78 is 15.1. The molecule has 0 spiro atoms. The molecule has 0 bridgehead atoms. The Labute approximate surface area is 176 Å². The number of hydrogen-bond acceptors (Lipinski definition) is 9. The van der Waals surface area contributed by atoms with E-state index in [1.54, 1.807) is 12.1 Å². The zero-order chi connectivity index (χ0) is 23.0. The van der Waals surface area contributed by atoms with E-state index in [1.165, 1.54) is 14.2 Å². The van der Waals surface area contributed by atoms with Gasteiger partial charge < -0.3 is 19.5 Å². The van der Waals surface area contributed by atoms with E-state index in [2.05, 4.69) is 5.32 Å². The molecule has 0 aliphatic rings. The quantitative estimate of drug-likeness (QED) is 0.336. The van der Waals surface area contributed by atoms with Gasteiger partial charge in [-0.05, 0) is 24.1 Å². The number of nitrogens with one attached hydrogen (secondary N) is 1. The number of benzene rings is 2. The van der Waals surface area contributed by atoms with Crippen molar-refractivity contribution in [1.82, 2.24) is 5.32 Å². The van der Waals surface area contributed by atoms with Gasteiger partial charge in [0, 0.05) is 18.7 Å². The van der Waals surface area contributed by atoms with Crippen LogP contribution in [-0.4, -0.2) is 49.1 Å². The van der Waals surface area contributed by atoms with Gasteiger partial charge in [-0.25, -0.2) is 4.79 Å². The lowest BCUT2D eigenvalue weighted by molar-refractivity contribution is -0.394. The molecule has 1 N–H and O–H groups in total. The minimum Gasteiger partial charge on any atom is -0.493 e. The summed E-state index contributed by atoms with van der Waals surface area (Å²) >= 11 is 0. The molecule has 12 nitrogen and oxygen atoms in total. The number of methoxy groups -OCH3 is 2. The van der Waals surface area contributed by atoms with E-state index < -0.39 is 45.3 Å². The zero-order valence-electron chi connectivity index (χ0n) is 16.7. The minimum atomic E-state index is -1.10. The highest BCUT2D eigenvalue weighted by molar-refractivity contribution is 5.92. The number of amides is 1. The van der Waals surface area contributed by atoms with Crippen molar-refractivity contribution < 1.29 is 33.6 Å². The van der Waals surface area contributed by atoms with Crippen molar-refractivity contribution in [2.45, 2.75) is 6.42 Å². The van der Waals surface area contributed by atoms with Gasteiger partial charge in [0.2, 0.25) is 0 Å². The highest BCUT2D eigenvalue weighted by atomic mass is 16.6. The molecule has 0 aliphatic carbocycles. The number of nitro groups is 2. The fraction of sp³-hybridized carbons (Fsp3) is 0.263. The number of carbonyl (C=O) groups excluding carboxylic acids is 2. The first-order valence-electron chi connectivity index (χ1n) is 8.83. The molecule has 1 amide bonds. The molecule has 0 saturated heterocycles. The Morgan fingerprint density at radius 3 is 2.10 bits per heavy atom. The Bertz CT molecular complexity index is 975. The van der Waals surface area contributed by atoms with Crippen molar-refractivity contribution in [2.24, 2.45) is 0 Å². The Balaban J connectivity index is 1.89. The van der Waals surface area contributed by atoms with Gasteiger partial charge in [0.05, 0.1) is 35.7 Å². The third-order valence-electron chi connectivity index (χ3n) is 4.08. The maximum absolute atomic E-state index is 12.1. The normalized spacial score (nSPS) is 10.1. The number of hydrogen-bond donors (Lipinski definition) is 1. The van der Waals surface area contributed by atoms with Gasteiger partial charge in [-0.3, -0.25) is 25.0 Å². The molecular weight excluding hydrogens is 414 g/mol. The van der Waals surface area contributed by atoms with Crippen LogP contribution in [0.15, 0.2) is 36.4 Å². The van der Waals surface area contributed by atoms with E-state index in [0.717, 1.165) is 23.8 Å². The van der Waals surface area contributed by atoms with Gasteiger partial charge in [-0.1, -0.05) is 6.07 Å². The first-order chi connectivity index (χ1) is 14.7. The van der Waals surface area contributed by atoms with E-state index in [0.29, 0.717) is 17.9 Å². The zero-order valence-corrected chi connectivity index (χ0v) is 16.7. The molecule has 0 heterocycles. The molecule has 2 aromatic carbocycles. The number of carbonyl (C=O) groups is 2. The molecule has 2 rings (SSSR count). The molecule has 0 aromatic heterocycles. The summed E-state index contributed by atoms with van der Waals surface area (Å²) in [7, 11) is 3.03. The summed E-state index contributed by atoms with van der Waals surface area (Å²) in [6.07, 6.45) is 0.469. The predicted molar refractivity (Wildman–Crippen MR) is 106 cm³/mol. The minimum absolute atomic E-state index is 0.244. The third kappa shape index (κ3) is 6.39. The van der Waals surface area contributed by atoms with E-state index >= 15 is 0 Å². The largest absolute Gasteiger partial charge is 0.493 e. The summed E-state index contributed by atoms with van der Waals surface area (Å²) in [5.41, 5.74) is -0.807. The Hall–Kier alpha value is -4.22. The molecule has 0 radical (unpaired) electrons. The third-order valence-corrected chi connectivity index (χ3v) is 4.08. The molecule has 0 aliphatic heterocycles. The number of rotatable bonds is 10. The van der Waals surface area contributed by atoms with E-state index in [9.17, 15) is 29.8 Å². The van der Waals surface area contributed by atoms with Crippen LogP contribution in [0.3, 0.4) is 0 Å². The van der Waals surface area contributed by atoms with Gasteiger partial charge in [0.15, 0.2) is 18.1 Å². The standard InChI is InChI=1S/C19H19N3O9/c1-29-16-4-3-12(7-17(16)30-2)5-6-20-18(23)11-31-19(24)13-8-14(21(25)26)10-15(9-13)22(27)28/h3-4,7-10H,5-6,11H2,1-2H3,(H,20,23). The van der Waals surface area contributed by atoms with Crippen LogP contribution in [0.2, 0.25) is 0 Å². The SMILES string of the molecule is COc1ccc(CCNC(=O)COC(=O)c2cc([N+](=O)[O-])cc([N+](=O)[O-])c2)cc1OC. The van der Waals surface area contributed by atoms with E-state index in [1.807, 2.05) is 6.07 Å². The fourth-order valence-electron chi connectivity index (χ4n) is 2.57. The molecule has 0 fully saturated rings. The summed E-state index contributed by atoms with van der Waals surface area (Å²) in [5, 5.41) is 24.3. The molecule has 0 atom stereocenters. The average Bonchev–Trinajstić information content (AvgIpc) is 2.76. The van der Waals surface area contributed by atoms with Crippen LogP contribution in [0, 0.1) is 20.2 Å². The number of esters is 1. The fourth-order valence-corrected chi connectivity index (χ4v) is 2.57. The average molecular weight is 433 g/mol. The molecular formula is C19H19N3O9. The maximum Gasteiger partial charge on any atom is 0.339 e. The van der Waals surface area contributed by atoms with Gasteiger partial charge in [-0.15, -0.1) is 0 Å². The summed E-state index contributed by atoms with van der Waals surface area (Å²) in [5.74, 6) is -0.578. The van der Waals surface area contributed by atoms with Crippen molar-refractivity contribution in [3.05, 3.63) is 67.8 Å². The van der Waals surface area contributed by atoms with Gasteiger partial charge in [-0.2, -0.15) is 0 Å². The number of nitro benzene ring substituents is 2. The van der Waals surface area contributed by atoms with Crippen LogP contribution in [0.4, 0.5) is 11.4 Å². The summed E-state index contributed by atoms with van der Waals surface area (Å²) in [6, 6.07) is 7.70. The Morgan fingerprint density at radius 2 is 1.55 bits per heavy atom. The second-order valence-corrected chi connectivity index (χ2v) is 6.12. The van der Waals surface area contributed by atoms with Crippen molar-refractivity contribution in [3.63, 3.8) is 0 Å². The molecule has 2 aromatic rings. The molecule has 31 heavy (non-hydrogen) atoms. The second kappa shape index (κ2) is 10.5. The van der Waals surface area contributed by atoms with Crippen LogP contribution in [0.25, 0.3) is 0 Å². The van der Waals surface area contributed by atoms with Gasteiger partial charge >= 0.3 is 5.97 Å². The predicted octanol–water partition coefficient (Wildman–Crippen LogP) is 2.04. The van der Waals surface area contributed by atoms with E-state index in [4.69, 9.17) is 14.2 Å². The highest BCUT2D eigenvalue weighted by Crippen LogP contribution is 2.27. The van der Waals surface area contributed by atoms with Gasteiger partial charge in [0.25, 0.3) is 17.3 Å². The van der Waals surface area contributed by atoms with Gasteiger partial charge in [0.1, 0.15) is 0 Å².